The number of pyridine rings is 2. The molecule has 5 rings (SSSR count). The summed E-state index contributed by atoms with van der Waals surface area (Å²) in [4.78, 5) is 31.0. The van der Waals surface area contributed by atoms with Crippen LogP contribution in [0.15, 0.2) is 65.9 Å². The Morgan fingerprint density at radius 1 is 1.03 bits per heavy atom. The Kier molecular flexibility index (Phi) is 8.46. The summed E-state index contributed by atoms with van der Waals surface area (Å²) in [7, 11) is 0. The van der Waals surface area contributed by atoms with Crippen molar-refractivity contribution in [2.45, 2.75) is 45.2 Å². The Morgan fingerprint density at radius 2 is 1.77 bits per heavy atom. The minimum absolute atomic E-state index is 0.0967. The van der Waals surface area contributed by atoms with E-state index in [1.54, 1.807) is 24.5 Å². The molecule has 2 aliphatic heterocycles. The number of piperidine rings is 2. The molecular weight excluding hydrogens is 493 g/mol. The van der Waals surface area contributed by atoms with E-state index in [2.05, 4.69) is 20.2 Å². The Bertz CT molecular complexity index is 1300. The molecule has 204 valence electrons. The van der Waals surface area contributed by atoms with E-state index in [-0.39, 0.29) is 17.8 Å². The first kappa shape index (κ1) is 26.7. The van der Waals surface area contributed by atoms with E-state index in [0.717, 1.165) is 86.8 Å². The number of aromatic nitrogens is 2. The van der Waals surface area contributed by atoms with Crippen LogP contribution in [0.5, 0.6) is 0 Å². The monoisotopic (exact) mass is 529 g/mol. The maximum Gasteiger partial charge on any atom is 0.225 e. The highest BCUT2D eigenvalue weighted by Gasteiger charge is 2.31. The molecule has 0 bridgehead atoms. The second-order valence-corrected chi connectivity index (χ2v) is 10.5. The smallest absolute Gasteiger partial charge is 0.225 e. The molecule has 0 aliphatic carbocycles. The number of halogens is 1. The van der Waals surface area contributed by atoms with Crippen LogP contribution in [-0.4, -0.2) is 63.6 Å². The summed E-state index contributed by atoms with van der Waals surface area (Å²) in [6, 6.07) is 14.3. The third-order valence-electron chi connectivity index (χ3n) is 7.67. The quantitative estimate of drug-likeness (QED) is 0.432. The predicted molar refractivity (Wildman–Crippen MR) is 152 cm³/mol. The van der Waals surface area contributed by atoms with Crippen molar-refractivity contribution in [3.8, 4) is 0 Å². The molecule has 8 nitrogen and oxygen atoms in total. The second-order valence-electron chi connectivity index (χ2n) is 10.5. The highest BCUT2D eigenvalue weighted by atomic mass is 19.1. The second kappa shape index (κ2) is 12.3. The number of amides is 1. The van der Waals surface area contributed by atoms with Gasteiger partial charge in [-0.05, 0) is 93.2 Å². The maximum atomic E-state index is 13.3. The van der Waals surface area contributed by atoms with Crippen LogP contribution in [0.3, 0.4) is 0 Å². The van der Waals surface area contributed by atoms with Crippen molar-refractivity contribution >= 4 is 28.9 Å². The van der Waals surface area contributed by atoms with Gasteiger partial charge in [-0.25, -0.2) is 19.4 Å². The lowest BCUT2D eigenvalue weighted by Gasteiger charge is -2.37. The number of nitrogens with one attached hydrogen (secondary N) is 1. The van der Waals surface area contributed by atoms with Crippen LogP contribution in [-0.2, 0) is 11.3 Å². The van der Waals surface area contributed by atoms with Crippen molar-refractivity contribution in [3.63, 3.8) is 0 Å². The fourth-order valence-corrected chi connectivity index (χ4v) is 5.42. The number of hydrogen-bond acceptors (Lipinski definition) is 7. The fourth-order valence-electron chi connectivity index (χ4n) is 5.42. The van der Waals surface area contributed by atoms with E-state index in [0.29, 0.717) is 11.7 Å². The lowest BCUT2D eigenvalue weighted by molar-refractivity contribution is -0.138. The lowest BCUT2D eigenvalue weighted by atomic mass is 9.93. The van der Waals surface area contributed by atoms with Crippen molar-refractivity contribution in [1.82, 2.24) is 19.8 Å². The summed E-state index contributed by atoms with van der Waals surface area (Å²) in [5, 5.41) is 3.55. The summed E-state index contributed by atoms with van der Waals surface area (Å²) in [6.07, 6.45) is 7.01. The van der Waals surface area contributed by atoms with Gasteiger partial charge in [-0.2, -0.15) is 0 Å². The molecule has 0 spiro atoms. The zero-order valence-electron chi connectivity index (χ0n) is 22.4. The molecule has 2 aliphatic rings. The van der Waals surface area contributed by atoms with E-state index >= 15 is 0 Å². The largest absolute Gasteiger partial charge is 0.384 e. The Balaban J connectivity index is 1.11. The van der Waals surface area contributed by atoms with Gasteiger partial charge in [-0.3, -0.25) is 9.69 Å². The number of nitrogen functional groups attached to an aromatic ring is 1. The fraction of sp³-hybridized carbons (Fsp3) is 0.400. The van der Waals surface area contributed by atoms with E-state index in [9.17, 15) is 9.18 Å². The van der Waals surface area contributed by atoms with Crippen LogP contribution < -0.4 is 11.1 Å². The summed E-state index contributed by atoms with van der Waals surface area (Å²) in [6.45, 7) is 6.06. The van der Waals surface area contributed by atoms with E-state index in [1.807, 2.05) is 36.1 Å². The summed E-state index contributed by atoms with van der Waals surface area (Å²) < 4.78 is 13.3. The van der Waals surface area contributed by atoms with Crippen LogP contribution in [0.25, 0.3) is 0 Å². The van der Waals surface area contributed by atoms with Crippen LogP contribution in [0.1, 0.15) is 43.7 Å². The zero-order chi connectivity index (χ0) is 27.2. The average Bonchev–Trinajstić information content (AvgIpc) is 2.95. The molecule has 1 aromatic carbocycles. The number of anilines is 2. The molecule has 0 unspecified atom stereocenters. The molecule has 2 fully saturated rings. The van der Waals surface area contributed by atoms with Gasteiger partial charge in [0.15, 0.2) is 5.82 Å². The van der Waals surface area contributed by atoms with Gasteiger partial charge in [0.2, 0.25) is 5.91 Å². The molecule has 3 aromatic rings. The van der Waals surface area contributed by atoms with Gasteiger partial charge in [-0.1, -0.05) is 12.1 Å². The number of rotatable bonds is 7. The number of nitrogens with two attached hydrogens (primary N) is 1. The Labute approximate surface area is 229 Å². The van der Waals surface area contributed by atoms with Crippen LogP contribution in [0.4, 0.5) is 21.7 Å². The lowest BCUT2D eigenvalue weighted by Crippen LogP contribution is -2.47. The number of carbonyl (C=O) groups excluding carboxylic acids is 1. The van der Waals surface area contributed by atoms with Gasteiger partial charge >= 0.3 is 0 Å². The molecule has 1 amide bonds. The van der Waals surface area contributed by atoms with Gasteiger partial charge in [0.05, 0.1) is 0 Å². The first-order valence-corrected chi connectivity index (χ1v) is 13.7. The molecule has 0 radical (unpaired) electrons. The third kappa shape index (κ3) is 6.97. The molecule has 3 N–H and O–H groups in total. The van der Waals surface area contributed by atoms with Crippen LogP contribution >= 0.6 is 0 Å². The minimum atomic E-state index is -0.266. The third-order valence-corrected chi connectivity index (χ3v) is 7.67. The Hall–Kier alpha value is -3.85. The predicted octanol–water partition coefficient (Wildman–Crippen LogP) is 4.65. The van der Waals surface area contributed by atoms with E-state index < -0.39 is 0 Å². The SMILES string of the molecule is CC(=Nc1cccnc1NC1CCN(C(=O)C2CCN(Cc3ccnc(N)c3)CC2)CC1)c1ccc(F)cc1. The first-order chi connectivity index (χ1) is 18.9. The van der Waals surface area contributed by atoms with E-state index in [4.69, 9.17) is 10.7 Å². The Morgan fingerprint density at radius 3 is 2.49 bits per heavy atom. The summed E-state index contributed by atoms with van der Waals surface area (Å²) >= 11 is 0. The maximum absolute atomic E-state index is 13.3. The molecule has 0 saturated carbocycles. The normalized spacial score (nSPS) is 17.8. The number of benzene rings is 1. The highest BCUT2D eigenvalue weighted by Crippen LogP contribution is 2.27. The number of hydrogen-bond donors (Lipinski definition) is 2. The number of nitrogens with zero attached hydrogens (tertiary/aromatic N) is 5. The van der Waals surface area contributed by atoms with Crippen molar-refractivity contribution in [3.05, 3.63) is 77.9 Å². The molecule has 2 aromatic heterocycles. The van der Waals surface area contributed by atoms with Crippen LogP contribution in [0, 0.1) is 11.7 Å². The van der Waals surface area contributed by atoms with Crippen molar-refractivity contribution in [2.75, 3.05) is 37.2 Å². The van der Waals surface area contributed by atoms with Gasteiger partial charge in [0, 0.05) is 49.7 Å². The van der Waals surface area contributed by atoms with Gasteiger partial charge < -0.3 is 16.0 Å². The van der Waals surface area contributed by atoms with Crippen LogP contribution in [0.2, 0.25) is 0 Å². The topological polar surface area (TPSA) is 99.7 Å². The molecule has 2 saturated heterocycles. The molecule has 4 heterocycles. The van der Waals surface area contributed by atoms with E-state index in [1.165, 1.54) is 12.1 Å². The standard InChI is InChI=1S/C30H36FN7O/c1-21(23-4-6-25(31)7-5-23)35-27-3-2-13-34-29(27)36-26-11-17-38(18-12-26)30(39)24-9-15-37(16-10-24)20-22-8-14-33-28(32)19-22/h2-8,13-14,19,24,26H,9-12,15-18,20H2,1H3,(H2,32,33)(H,34,36). The summed E-state index contributed by atoms with van der Waals surface area (Å²) in [5.41, 5.74) is 9.38. The average molecular weight is 530 g/mol. The highest BCUT2D eigenvalue weighted by molar-refractivity contribution is 6.00. The molecule has 9 heteroatoms. The number of likely N-dealkylation sites (tertiary alicyclic amines) is 2. The number of aliphatic imine (C=N–C) groups is 1. The minimum Gasteiger partial charge on any atom is -0.384 e. The molecule has 39 heavy (non-hydrogen) atoms. The van der Waals surface area contributed by atoms with Crippen molar-refractivity contribution in [2.24, 2.45) is 10.9 Å². The molecule has 0 atom stereocenters. The van der Waals surface area contributed by atoms with Gasteiger partial charge in [-0.15, -0.1) is 0 Å². The summed E-state index contributed by atoms with van der Waals surface area (Å²) in [5.74, 6) is 1.39. The van der Waals surface area contributed by atoms with Gasteiger partial charge in [0.1, 0.15) is 17.3 Å². The first-order valence-electron chi connectivity index (χ1n) is 13.7. The van der Waals surface area contributed by atoms with Crippen molar-refractivity contribution in [1.29, 1.82) is 0 Å². The van der Waals surface area contributed by atoms with Crippen molar-refractivity contribution < 1.29 is 9.18 Å². The zero-order valence-corrected chi connectivity index (χ0v) is 22.4. The number of carbonyl (C=O) groups is 1. The van der Waals surface area contributed by atoms with Gasteiger partial charge in [0.25, 0.3) is 0 Å². The molecular formula is C30H36FN7O.